The van der Waals surface area contributed by atoms with Gasteiger partial charge in [0.1, 0.15) is 17.1 Å². The van der Waals surface area contributed by atoms with Gasteiger partial charge in [0.05, 0.1) is 11.6 Å². The number of rotatable bonds is 6. The van der Waals surface area contributed by atoms with Gasteiger partial charge in [-0.1, -0.05) is 0 Å². The fourth-order valence-corrected chi connectivity index (χ4v) is 6.17. The number of amides is 1. The molecule has 1 saturated heterocycles. The van der Waals surface area contributed by atoms with Crippen LogP contribution in [0.25, 0.3) is 11.0 Å². The molecule has 11 heteroatoms. The quantitative estimate of drug-likeness (QED) is 0.562. The van der Waals surface area contributed by atoms with E-state index in [1.54, 1.807) is 4.57 Å². The van der Waals surface area contributed by atoms with Crippen molar-refractivity contribution in [1.29, 1.82) is 0 Å². The zero-order valence-corrected chi connectivity index (χ0v) is 22.0. The second-order valence-electron chi connectivity index (χ2n) is 10.6. The van der Waals surface area contributed by atoms with Crippen LogP contribution in [0.2, 0.25) is 0 Å². The second-order valence-corrected chi connectivity index (χ2v) is 11.8. The molecule has 0 radical (unpaired) electrons. The zero-order valence-electron chi connectivity index (χ0n) is 21.2. The summed E-state index contributed by atoms with van der Waals surface area (Å²) in [4.78, 5) is 43.0. The number of aromatic nitrogens is 3. The van der Waals surface area contributed by atoms with E-state index < -0.39 is 23.1 Å². The Morgan fingerprint density at radius 3 is 2.42 bits per heavy atom. The molecule has 1 aliphatic heterocycles. The number of fused-ring (bicyclic) bond motifs is 1. The molecule has 2 fully saturated rings. The summed E-state index contributed by atoms with van der Waals surface area (Å²) in [6.45, 7) is 6.50. The highest BCUT2D eigenvalue weighted by molar-refractivity contribution is 7.99. The van der Waals surface area contributed by atoms with Crippen LogP contribution in [0, 0.1) is 5.82 Å². The van der Waals surface area contributed by atoms with Crippen molar-refractivity contribution in [3.8, 4) is 0 Å². The van der Waals surface area contributed by atoms with E-state index in [0.717, 1.165) is 43.4 Å². The molecule has 36 heavy (non-hydrogen) atoms. The highest BCUT2D eigenvalue weighted by Gasteiger charge is 2.29. The lowest BCUT2D eigenvalue weighted by atomic mass is 9.91. The first-order valence-corrected chi connectivity index (χ1v) is 13.9. The molecule has 2 aromatic heterocycles. The van der Waals surface area contributed by atoms with Gasteiger partial charge >= 0.3 is 11.8 Å². The normalized spacial score (nSPS) is 21.4. The molecule has 1 aliphatic carbocycles. The minimum absolute atomic E-state index is 0.0402. The number of carbonyl (C=O) groups excluding carboxylic acids is 1. The van der Waals surface area contributed by atoms with Crippen molar-refractivity contribution in [3.63, 3.8) is 0 Å². The van der Waals surface area contributed by atoms with Crippen LogP contribution in [0.1, 0.15) is 71.4 Å². The van der Waals surface area contributed by atoms with Crippen molar-refractivity contribution in [3.05, 3.63) is 38.9 Å². The van der Waals surface area contributed by atoms with Crippen LogP contribution in [-0.4, -0.2) is 56.4 Å². The first-order chi connectivity index (χ1) is 17.1. The van der Waals surface area contributed by atoms with Gasteiger partial charge in [0.2, 0.25) is 0 Å². The van der Waals surface area contributed by atoms with Gasteiger partial charge in [0, 0.05) is 31.2 Å². The van der Waals surface area contributed by atoms with Gasteiger partial charge in [0.25, 0.3) is 5.56 Å². The van der Waals surface area contributed by atoms with Crippen molar-refractivity contribution in [2.75, 3.05) is 24.6 Å². The number of pyridine rings is 1. The number of halogens is 1. The van der Waals surface area contributed by atoms with E-state index in [0.29, 0.717) is 25.9 Å². The van der Waals surface area contributed by atoms with Crippen LogP contribution in [0.3, 0.4) is 0 Å². The molecule has 2 aromatic rings. The fourth-order valence-electron chi connectivity index (χ4n) is 5.09. The van der Waals surface area contributed by atoms with Gasteiger partial charge in [-0.3, -0.25) is 13.9 Å². The van der Waals surface area contributed by atoms with E-state index >= 15 is 0 Å². The van der Waals surface area contributed by atoms with E-state index in [-0.39, 0.29) is 34.8 Å². The average Bonchev–Trinajstić information content (AvgIpc) is 2.83. The Morgan fingerprint density at radius 2 is 1.75 bits per heavy atom. The van der Waals surface area contributed by atoms with Crippen LogP contribution >= 0.6 is 11.8 Å². The van der Waals surface area contributed by atoms with E-state index in [1.165, 1.54) is 10.6 Å². The van der Waals surface area contributed by atoms with Gasteiger partial charge in [0.15, 0.2) is 0 Å². The number of thioether (sulfide) groups is 1. The monoisotopic (exact) mass is 521 g/mol. The maximum atomic E-state index is 14.1. The Bertz CT molecular complexity index is 1190. The number of ether oxygens (including phenoxy) is 1. The van der Waals surface area contributed by atoms with E-state index in [2.05, 4.69) is 15.6 Å². The topological polar surface area (TPSA) is 107 Å². The van der Waals surface area contributed by atoms with Crippen molar-refractivity contribution in [2.45, 2.75) is 83.0 Å². The van der Waals surface area contributed by atoms with Crippen LogP contribution in [0.15, 0.2) is 21.9 Å². The third kappa shape index (κ3) is 6.29. The summed E-state index contributed by atoms with van der Waals surface area (Å²) >= 11 is 1.85. The Hall–Kier alpha value is -2.40. The highest BCUT2D eigenvalue weighted by Crippen LogP contribution is 2.30. The number of alkyl carbamates (subject to hydrolysis) is 1. The Balaban J connectivity index is 1.45. The molecular weight excluding hydrogens is 485 g/mol. The van der Waals surface area contributed by atoms with Gasteiger partial charge < -0.3 is 15.4 Å². The third-order valence-electron chi connectivity index (χ3n) is 6.77. The molecule has 0 unspecified atom stereocenters. The lowest BCUT2D eigenvalue weighted by Gasteiger charge is -2.31. The van der Waals surface area contributed by atoms with Crippen LogP contribution in [0.4, 0.5) is 9.18 Å². The lowest BCUT2D eigenvalue weighted by molar-refractivity contribution is 0.0527. The highest BCUT2D eigenvalue weighted by atomic mass is 32.2. The second kappa shape index (κ2) is 11.3. The Morgan fingerprint density at radius 1 is 1.08 bits per heavy atom. The summed E-state index contributed by atoms with van der Waals surface area (Å²) in [6.07, 6.45) is 5.21. The van der Waals surface area contributed by atoms with Crippen molar-refractivity contribution in [2.24, 2.45) is 0 Å². The molecule has 0 spiro atoms. The molecule has 198 valence electrons. The minimum atomic E-state index is -0.580. The molecule has 9 nitrogen and oxygen atoms in total. The molecule has 1 saturated carbocycles. The summed E-state index contributed by atoms with van der Waals surface area (Å²) < 4.78 is 22.3. The number of carbonyl (C=O) groups is 1. The molecule has 2 N–H and O–H groups in total. The molecular formula is C25H36FN5O4S. The smallest absolute Gasteiger partial charge is 0.407 e. The predicted octanol–water partition coefficient (Wildman–Crippen LogP) is 3.36. The Labute approximate surface area is 214 Å². The van der Waals surface area contributed by atoms with Gasteiger partial charge in [-0.05, 0) is 76.9 Å². The molecule has 3 heterocycles. The number of nitrogens with one attached hydrogen (secondary N) is 2. The minimum Gasteiger partial charge on any atom is -0.444 e. The maximum Gasteiger partial charge on any atom is 0.407 e. The van der Waals surface area contributed by atoms with Crippen molar-refractivity contribution < 1.29 is 13.9 Å². The molecule has 1 amide bonds. The molecule has 0 aromatic carbocycles. The maximum absolute atomic E-state index is 14.1. The van der Waals surface area contributed by atoms with Crippen molar-refractivity contribution in [1.82, 2.24) is 24.8 Å². The van der Waals surface area contributed by atoms with E-state index in [4.69, 9.17) is 4.74 Å². The average molecular weight is 522 g/mol. The first-order valence-electron chi connectivity index (χ1n) is 12.7. The van der Waals surface area contributed by atoms with Crippen LogP contribution < -0.4 is 21.9 Å². The summed E-state index contributed by atoms with van der Waals surface area (Å²) in [5.41, 5.74) is -1.04. The zero-order chi connectivity index (χ0) is 25.9. The van der Waals surface area contributed by atoms with Crippen LogP contribution in [-0.2, 0) is 4.74 Å². The summed E-state index contributed by atoms with van der Waals surface area (Å²) in [5, 5.41) is 6.34. The molecule has 0 atom stereocenters. The van der Waals surface area contributed by atoms with Crippen molar-refractivity contribution >= 4 is 28.9 Å². The predicted molar refractivity (Wildman–Crippen MR) is 139 cm³/mol. The number of hydrogen-bond acceptors (Lipinski definition) is 7. The van der Waals surface area contributed by atoms with Gasteiger partial charge in [-0.2, -0.15) is 11.8 Å². The number of hydrogen-bond donors (Lipinski definition) is 2. The SMILES string of the molecule is CC(C)(C)OC(=O)NCCN[C@H]1CC[C@@H](n2c(=O)c3cc(F)cnc3n(C3CCSCC3)c2=O)CC1. The lowest BCUT2D eigenvalue weighted by Crippen LogP contribution is -2.46. The third-order valence-corrected chi connectivity index (χ3v) is 7.82. The van der Waals surface area contributed by atoms with Gasteiger partial charge in [-0.25, -0.2) is 19.0 Å². The first kappa shape index (κ1) is 26.7. The standard InChI is InChI=1S/C25H36FN5O4S/c1-25(2,3)35-23(33)28-11-10-27-17-4-6-18(7-5-17)31-22(32)20-14-16(26)15-29-21(20)30(24(31)34)19-8-12-36-13-9-19/h14-15,17-19,27H,4-13H2,1-3H3,(H,28,33)/t17-,18+. The largest absolute Gasteiger partial charge is 0.444 e. The summed E-state index contributed by atoms with van der Waals surface area (Å²) in [6, 6.07) is 1.16. The summed E-state index contributed by atoms with van der Waals surface area (Å²) in [5.74, 6) is 1.31. The Kier molecular flexibility index (Phi) is 8.39. The van der Waals surface area contributed by atoms with Gasteiger partial charge in [-0.15, -0.1) is 0 Å². The number of nitrogens with zero attached hydrogens (tertiary/aromatic N) is 3. The van der Waals surface area contributed by atoms with E-state index in [1.807, 2.05) is 32.5 Å². The summed E-state index contributed by atoms with van der Waals surface area (Å²) in [7, 11) is 0. The fraction of sp³-hybridized carbons (Fsp3) is 0.680. The molecule has 0 bridgehead atoms. The van der Waals surface area contributed by atoms with E-state index in [9.17, 15) is 18.8 Å². The van der Waals surface area contributed by atoms with Crippen LogP contribution in [0.5, 0.6) is 0 Å². The molecule has 4 rings (SSSR count). The molecule has 2 aliphatic rings.